The van der Waals surface area contributed by atoms with Crippen molar-refractivity contribution >= 4 is 5.78 Å². The number of hydrogen-bond donors (Lipinski definition) is 0. The van der Waals surface area contributed by atoms with Gasteiger partial charge in [0.25, 0.3) is 0 Å². The van der Waals surface area contributed by atoms with Gasteiger partial charge in [0.05, 0.1) is 0 Å². The highest BCUT2D eigenvalue weighted by Crippen LogP contribution is 2.48. The predicted molar refractivity (Wildman–Crippen MR) is 113 cm³/mol. The fraction of sp³-hybridized carbons (Fsp3) is 0.640. The van der Waals surface area contributed by atoms with Crippen molar-refractivity contribution < 1.29 is 22.4 Å². The van der Waals surface area contributed by atoms with Gasteiger partial charge < -0.3 is 0 Å². The third-order valence-corrected chi connectivity index (χ3v) is 6.35. The number of aryl methyl sites for hydroxylation is 1. The lowest BCUT2D eigenvalue weighted by Crippen LogP contribution is -2.33. The normalized spacial score (nSPS) is 24.5. The summed E-state index contributed by atoms with van der Waals surface area (Å²) in [5.74, 6) is -5.34. The maximum atomic E-state index is 13.1. The summed E-state index contributed by atoms with van der Waals surface area (Å²) in [6.45, 7) is 6.80. The first-order valence-electron chi connectivity index (χ1n) is 11.0. The lowest BCUT2D eigenvalue weighted by atomic mass is 9.76. The lowest BCUT2D eigenvalue weighted by Gasteiger charge is -2.35. The second-order valence-corrected chi connectivity index (χ2v) is 9.04. The molecule has 0 spiro atoms. The highest BCUT2D eigenvalue weighted by Gasteiger charge is 2.45. The van der Waals surface area contributed by atoms with Crippen molar-refractivity contribution in [1.29, 1.82) is 0 Å². The molecule has 5 heteroatoms. The summed E-state index contributed by atoms with van der Waals surface area (Å²) in [4.78, 5) is 12.0. The Bertz CT molecular complexity index is 715. The first-order valence-corrected chi connectivity index (χ1v) is 11.0. The van der Waals surface area contributed by atoms with Crippen LogP contribution in [0.4, 0.5) is 17.6 Å². The standard InChI is InChI=1S/C14H22F2O.C11H12F2/c1-4-5-10(2)13(17)11-6-8-12(9-7-11)14(3,15)16;1-8-2-4-9(5-3-8)10-6-11(12,13)7-10/h5,11-12H,4,6-9H2,1-3H3;2-5,10H,6-7H2,1H3/b10-5-;. The fourth-order valence-electron chi connectivity index (χ4n) is 4.33. The zero-order valence-electron chi connectivity index (χ0n) is 18.5. The highest BCUT2D eigenvalue weighted by molar-refractivity contribution is 5.96. The molecular weight excluding hydrogens is 392 g/mol. The minimum atomic E-state index is -2.59. The highest BCUT2D eigenvalue weighted by atomic mass is 19.3. The van der Waals surface area contributed by atoms with E-state index in [1.165, 1.54) is 5.56 Å². The molecule has 30 heavy (non-hydrogen) atoms. The van der Waals surface area contributed by atoms with Gasteiger partial charge >= 0.3 is 0 Å². The number of alkyl halides is 4. The Labute approximate surface area is 177 Å². The van der Waals surface area contributed by atoms with Crippen molar-refractivity contribution in [3.8, 4) is 0 Å². The van der Waals surface area contributed by atoms with Gasteiger partial charge in [-0.15, -0.1) is 0 Å². The molecule has 0 saturated heterocycles. The van der Waals surface area contributed by atoms with E-state index in [1.54, 1.807) is 0 Å². The zero-order chi connectivity index (χ0) is 22.5. The number of carbonyl (C=O) groups is 1. The van der Waals surface area contributed by atoms with Crippen LogP contribution in [0, 0.1) is 18.8 Å². The number of Topliss-reactive ketones (excluding diaryl/α,β-unsaturated/α-hetero) is 1. The molecule has 0 aliphatic heterocycles. The molecule has 0 unspecified atom stereocenters. The molecule has 0 amide bonds. The number of benzene rings is 1. The Hall–Kier alpha value is -1.65. The van der Waals surface area contributed by atoms with Crippen molar-refractivity contribution in [3.05, 3.63) is 47.0 Å². The van der Waals surface area contributed by atoms with Crippen molar-refractivity contribution in [2.45, 2.75) is 90.4 Å². The Morgan fingerprint density at radius 1 is 1.10 bits per heavy atom. The summed E-state index contributed by atoms with van der Waals surface area (Å²) in [7, 11) is 0. The maximum Gasteiger partial charge on any atom is 0.249 e. The Morgan fingerprint density at radius 2 is 1.63 bits per heavy atom. The van der Waals surface area contributed by atoms with E-state index in [1.807, 2.05) is 51.1 Å². The van der Waals surface area contributed by atoms with Gasteiger partial charge in [-0.05, 0) is 69.9 Å². The molecule has 1 aromatic carbocycles. The molecule has 0 radical (unpaired) electrons. The van der Waals surface area contributed by atoms with Crippen LogP contribution in [-0.2, 0) is 4.79 Å². The van der Waals surface area contributed by atoms with Crippen molar-refractivity contribution in [2.75, 3.05) is 0 Å². The van der Waals surface area contributed by atoms with Gasteiger partial charge in [0, 0.05) is 24.7 Å². The van der Waals surface area contributed by atoms with Gasteiger partial charge in [-0.3, -0.25) is 4.79 Å². The summed E-state index contributed by atoms with van der Waals surface area (Å²) in [6, 6.07) is 7.86. The average Bonchev–Trinajstić information content (AvgIpc) is 2.66. The number of allylic oxidation sites excluding steroid dienone is 2. The van der Waals surface area contributed by atoms with Crippen LogP contribution in [0.15, 0.2) is 35.9 Å². The molecule has 2 fully saturated rings. The number of rotatable bonds is 5. The van der Waals surface area contributed by atoms with Crippen LogP contribution in [0.2, 0.25) is 0 Å². The summed E-state index contributed by atoms with van der Waals surface area (Å²) in [5.41, 5.74) is 3.02. The molecule has 0 N–H and O–H groups in total. The molecular formula is C25H34F4O. The quantitative estimate of drug-likeness (QED) is 0.346. The van der Waals surface area contributed by atoms with Crippen molar-refractivity contribution in [2.24, 2.45) is 11.8 Å². The van der Waals surface area contributed by atoms with Crippen LogP contribution in [0.1, 0.15) is 82.8 Å². The summed E-state index contributed by atoms with van der Waals surface area (Å²) in [5, 5.41) is 0. The first-order chi connectivity index (χ1) is 13.9. The minimum Gasteiger partial charge on any atom is -0.294 e. The Morgan fingerprint density at radius 3 is 2.07 bits per heavy atom. The van der Waals surface area contributed by atoms with E-state index in [2.05, 4.69) is 0 Å². The van der Waals surface area contributed by atoms with Crippen LogP contribution in [-0.4, -0.2) is 17.6 Å². The predicted octanol–water partition coefficient (Wildman–Crippen LogP) is 7.88. The molecule has 2 aliphatic rings. The summed E-state index contributed by atoms with van der Waals surface area (Å²) < 4.78 is 51.3. The Balaban J connectivity index is 0.000000220. The van der Waals surface area contributed by atoms with E-state index in [-0.39, 0.29) is 30.5 Å². The molecule has 0 bridgehead atoms. The second-order valence-electron chi connectivity index (χ2n) is 9.04. The molecule has 0 aromatic heterocycles. The second kappa shape index (κ2) is 10.1. The van der Waals surface area contributed by atoms with Gasteiger partial charge in [0.15, 0.2) is 5.78 Å². The number of ketones is 1. The first kappa shape index (κ1) is 24.6. The molecule has 168 valence electrons. The van der Waals surface area contributed by atoms with Crippen LogP contribution in [0.25, 0.3) is 0 Å². The van der Waals surface area contributed by atoms with Gasteiger partial charge in [-0.1, -0.05) is 42.8 Å². The largest absolute Gasteiger partial charge is 0.294 e. The Kier molecular flexibility index (Phi) is 8.29. The van der Waals surface area contributed by atoms with E-state index in [0.29, 0.717) is 25.7 Å². The number of halogens is 4. The van der Waals surface area contributed by atoms with E-state index in [4.69, 9.17) is 0 Å². The number of hydrogen-bond acceptors (Lipinski definition) is 1. The third-order valence-electron chi connectivity index (χ3n) is 6.35. The molecule has 2 aliphatic carbocycles. The van der Waals surface area contributed by atoms with Gasteiger partial charge in [0.1, 0.15) is 0 Å². The van der Waals surface area contributed by atoms with Crippen LogP contribution >= 0.6 is 0 Å². The molecule has 1 aromatic rings. The topological polar surface area (TPSA) is 17.1 Å². The van der Waals surface area contributed by atoms with Gasteiger partial charge in [-0.25, -0.2) is 17.6 Å². The van der Waals surface area contributed by atoms with E-state index < -0.39 is 17.8 Å². The average molecular weight is 427 g/mol. The fourth-order valence-corrected chi connectivity index (χ4v) is 4.33. The van der Waals surface area contributed by atoms with Crippen LogP contribution in [0.5, 0.6) is 0 Å². The molecule has 1 nitrogen and oxygen atoms in total. The summed E-state index contributed by atoms with van der Waals surface area (Å²) in [6.07, 6.45) is 4.98. The van der Waals surface area contributed by atoms with Gasteiger partial charge in [0.2, 0.25) is 11.8 Å². The van der Waals surface area contributed by atoms with Crippen molar-refractivity contribution in [3.63, 3.8) is 0 Å². The maximum absolute atomic E-state index is 13.1. The van der Waals surface area contributed by atoms with Crippen molar-refractivity contribution in [1.82, 2.24) is 0 Å². The third kappa shape index (κ3) is 6.95. The van der Waals surface area contributed by atoms with E-state index in [9.17, 15) is 22.4 Å². The van der Waals surface area contributed by atoms with E-state index in [0.717, 1.165) is 24.5 Å². The minimum absolute atomic E-state index is 0.0239. The van der Waals surface area contributed by atoms with Crippen LogP contribution in [0.3, 0.4) is 0 Å². The number of carbonyl (C=O) groups excluding carboxylic acids is 1. The molecule has 0 atom stereocenters. The SMILES string of the molecule is CC/C=C(/C)C(=O)C1CCC(C(C)(F)F)CC1.Cc1ccc(C2CC(F)(F)C2)cc1. The zero-order valence-corrected chi connectivity index (χ0v) is 18.5. The monoisotopic (exact) mass is 426 g/mol. The molecule has 0 heterocycles. The molecule has 2 saturated carbocycles. The van der Waals surface area contributed by atoms with Gasteiger partial charge in [-0.2, -0.15) is 0 Å². The summed E-state index contributed by atoms with van der Waals surface area (Å²) >= 11 is 0. The lowest BCUT2D eigenvalue weighted by molar-refractivity contribution is -0.122. The van der Waals surface area contributed by atoms with Crippen LogP contribution < -0.4 is 0 Å². The smallest absolute Gasteiger partial charge is 0.249 e. The molecule has 3 rings (SSSR count). The van der Waals surface area contributed by atoms with E-state index >= 15 is 0 Å².